The Morgan fingerprint density at radius 2 is 1.84 bits per heavy atom. The second-order valence-electron chi connectivity index (χ2n) is 4.68. The zero-order chi connectivity index (χ0) is 18.6. The molecule has 0 bridgehead atoms. The molecule has 10 heteroatoms. The van der Waals surface area contributed by atoms with Crippen LogP contribution in [0, 0.1) is 10.1 Å². The van der Waals surface area contributed by atoms with Gasteiger partial charge in [0.2, 0.25) is 0 Å². The lowest BCUT2D eigenvalue weighted by molar-refractivity contribution is -0.385. The highest BCUT2D eigenvalue weighted by molar-refractivity contribution is 7.80. The quantitative estimate of drug-likeness (QED) is 0.424. The Bertz CT molecular complexity index is 887. The average Bonchev–Trinajstić information content (AvgIpc) is 2.56. The van der Waals surface area contributed by atoms with Gasteiger partial charge in [-0.1, -0.05) is 23.7 Å². The summed E-state index contributed by atoms with van der Waals surface area (Å²) >= 11 is 10.7. The number of carbonyl (C=O) groups excluding carboxylic acids is 1. The molecule has 0 aliphatic heterocycles. The van der Waals surface area contributed by atoms with Gasteiger partial charge in [0.25, 0.3) is 11.6 Å². The van der Waals surface area contributed by atoms with Crippen molar-refractivity contribution in [3.05, 3.63) is 68.7 Å². The number of hydrogen-bond donors (Lipinski definition) is 3. The van der Waals surface area contributed by atoms with Gasteiger partial charge in [-0.25, -0.2) is 4.79 Å². The van der Waals surface area contributed by atoms with Gasteiger partial charge in [-0.3, -0.25) is 20.2 Å². The van der Waals surface area contributed by atoms with Crippen LogP contribution in [0.3, 0.4) is 0 Å². The number of nitrogens with one attached hydrogen (secondary N) is 2. The summed E-state index contributed by atoms with van der Waals surface area (Å²) in [5, 5.41) is 24.8. The Morgan fingerprint density at radius 3 is 2.48 bits per heavy atom. The van der Waals surface area contributed by atoms with Crippen LogP contribution in [0.25, 0.3) is 0 Å². The van der Waals surface area contributed by atoms with E-state index in [2.05, 4.69) is 10.6 Å². The second-order valence-corrected chi connectivity index (χ2v) is 5.50. The number of hydrogen-bond acceptors (Lipinski definition) is 5. The fourth-order valence-electron chi connectivity index (χ4n) is 1.92. The Kier molecular flexibility index (Phi) is 5.63. The topological polar surface area (TPSA) is 122 Å². The first-order valence-corrected chi connectivity index (χ1v) is 7.47. The number of nitrogens with zero attached hydrogens (tertiary/aromatic N) is 1. The van der Waals surface area contributed by atoms with Crippen LogP contribution >= 0.6 is 23.8 Å². The maximum absolute atomic E-state index is 12.1. The van der Waals surface area contributed by atoms with Crippen molar-refractivity contribution in [1.29, 1.82) is 0 Å². The molecule has 128 valence electrons. The largest absolute Gasteiger partial charge is 0.478 e. The molecule has 0 aliphatic carbocycles. The van der Waals surface area contributed by atoms with Crippen LogP contribution in [-0.2, 0) is 0 Å². The number of carboxylic acids is 1. The number of rotatable bonds is 4. The first-order chi connectivity index (χ1) is 11.8. The van der Waals surface area contributed by atoms with Gasteiger partial charge in [0.05, 0.1) is 15.5 Å². The molecule has 3 N–H and O–H groups in total. The van der Waals surface area contributed by atoms with Crippen molar-refractivity contribution in [2.45, 2.75) is 0 Å². The van der Waals surface area contributed by atoms with E-state index in [0.29, 0.717) is 0 Å². The molecule has 0 aliphatic rings. The Hall–Kier alpha value is -3.04. The Morgan fingerprint density at radius 1 is 1.16 bits per heavy atom. The predicted octanol–water partition coefficient (Wildman–Crippen LogP) is 3.07. The van der Waals surface area contributed by atoms with Crippen LogP contribution in [-0.4, -0.2) is 27.0 Å². The summed E-state index contributed by atoms with van der Waals surface area (Å²) in [7, 11) is 0. The third kappa shape index (κ3) is 4.49. The summed E-state index contributed by atoms with van der Waals surface area (Å²) in [4.78, 5) is 33.5. The number of halogens is 1. The molecule has 0 spiro atoms. The Labute approximate surface area is 151 Å². The standard InChI is InChI=1S/C15H10ClN3O5S/c16-11-6-5-8(7-10(11)14(21)22)17-15(25)18-13(20)9-3-1-2-4-12(9)19(23)24/h1-7H,(H,21,22)(H2,17,18,20,25). The van der Waals surface area contributed by atoms with Crippen molar-refractivity contribution in [2.75, 3.05) is 5.32 Å². The number of nitro groups is 1. The zero-order valence-electron chi connectivity index (χ0n) is 12.4. The minimum Gasteiger partial charge on any atom is -0.478 e. The molecule has 0 fully saturated rings. The normalized spacial score (nSPS) is 9.96. The molecule has 0 heterocycles. The van der Waals surface area contributed by atoms with E-state index in [-0.39, 0.29) is 32.6 Å². The molecule has 0 radical (unpaired) electrons. The molecule has 2 rings (SSSR count). The van der Waals surface area contributed by atoms with Crippen molar-refractivity contribution in [2.24, 2.45) is 0 Å². The molecule has 8 nitrogen and oxygen atoms in total. The summed E-state index contributed by atoms with van der Waals surface area (Å²) in [6.07, 6.45) is 0. The fraction of sp³-hybridized carbons (Fsp3) is 0. The Balaban J connectivity index is 2.13. The van der Waals surface area contributed by atoms with Gasteiger partial charge in [-0.2, -0.15) is 0 Å². The van der Waals surface area contributed by atoms with Gasteiger partial charge >= 0.3 is 5.97 Å². The number of carboxylic acid groups (broad SMARTS) is 1. The molecule has 0 aromatic heterocycles. The smallest absolute Gasteiger partial charge is 0.337 e. The lowest BCUT2D eigenvalue weighted by atomic mass is 10.1. The molecule has 1 amide bonds. The number of aromatic carboxylic acids is 1. The van der Waals surface area contributed by atoms with Crippen LogP contribution in [0.5, 0.6) is 0 Å². The SMILES string of the molecule is O=C(O)c1cc(NC(=S)NC(=O)c2ccccc2[N+](=O)[O-])ccc1Cl. The number of para-hydroxylation sites is 1. The summed E-state index contributed by atoms with van der Waals surface area (Å²) in [6, 6.07) is 9.49. The van der Waals surface area contributed by atoms with Gasteiger partial charge in [0.15, 0.2) is 5.11 Å². The van der Waals surface area contributed by atoms with Crippen LogP contribution in [0.2, 0.25) is 5.02 Å². The molecule has 0 atom stereocenters. The highest BCUT2D eigenvalue weighted by atomic mass is 35.5. The molecule has 0 unspecified atom stereocenters. The molecular formula is C15H10ClN3O5S. The summed E-state index contributed by atoms with van der Waals surface area (Å²) < 4.78 is 0. The third-order valence-corrected chi connectivity index (χ3v) is 3.56. The van der Waals surface area contributed by atoms with E-state index in [1.54, 1.807) is 0 Å². The fourth-order valence-corrected chi connectivity index (χ4v) is 2.33. The van der Waals surface area contributed by atoms with Crippen molar-refractivity contribution in [3.63, 3.8) is 0 Å². The lowest BCUT2D eigenvalue weighted by Gasteiger charge is -2.10. The van der Waals surface area contributed by atoms with Crippen molar-refractivity contribution in [1.82, 2.24) is 5.32 Å². The second kappa shape index (κ2) is 7.69. The first-order valence-electron chi connectivity index (χ1n) is 6.68. The molecule has 2 aromatic carbocycles. The maximum atomic E-state index is 12.1. The van der Waals surface area contributed by atoms with Crippen molar-refractivity contribution >= 4 is 52.2 Å². The maximum Gasteiger partial charge on any atom is 0.337 e. The monoisotopic (exact) mass is 379 g/mol. The van der Waals surface area contributed by atoms with Crippen molar-refractivity contribution in [3.8, 4) is 0 Å². The highest BCUT2D eigenvalue weighted by Crippen LogP contribution is 2.21. The molecular weight excluding hydrogens is 370 g/mol. The number of nitro benzene ring substituents is 1. The highest BCUT2D eigenvalue weighted by Gasteiger charge is 2.20. The van der Waals surface area contributed by atoms with E-state index in [1.807, 2.05) is 0 Å². The average molecular weight is 380 g/mol. The minimum absolute atomic E-state index is 0.0490. The van der Waals surface area contributed by atoms with E-state index in [0.717, 1.165) is 0 Å². The number of amides is 1. The number of carbonyl (C=O) groups is 2. The van der Waals surface area contributed by atoms with E-state index >= 15 is 0 Å². The van der Waals surface area contributed by atoms with Crippen LogP contribution in [0.15, 0.2) is 42.5 Å². The summed E-state index contributed by atoms with van der Waals surface area (Å²) in [5.41, 5.74) is -0.365. The number of benzene rings is 2. The predicted molar refractivity (Wildman–Crippen MR) is 95.2 cm³/mol. The molecule has 0 saturated heterocycles. The number of thiocarbonyl (C=S) groups is 1. The molecule has 25 heavy (non-hydrogen) atoms. The van der Waals surface area contributed by atoms with Crippen LogP contribution in [0.4, 0.5) is 11.4 Å². The van der Waals surface area contributed by atoms with E-state index in [9.17, 15) is 19.7 Å². The van der Waals surface area contributed by atoms with E-state index in [1.165, 1.54) is 42.5 Å². The van der Waals surface area contributed by atoms with Gasteiger partial charge in [0, 0.05) is 11.8 Å². The number of anilines is 1. The van der Waals surface area contributed by atoms with Crippen LogP contribution < -0.4 is 10.6 Å². The lowest BCUT2D eigenvalue weighted by Crippen LogP contribution is -2.34. The van der Waals surface area contributed by atoms with E-state index in [4.69, 9.17) is 28.9 Å². The van der Waals surface area contributed by atoms with Gasteiger partial charge in [-0.15, -0.1) is 0 Å². The zero-order valence-corrected chi connectivity index (χ0v) is 13.9. The summed E-state index contributed by atoms with van der Waals surface area (Å²) in [5.74, 6) is -1.99. The molecule has 0 saturated carbocycles. The van der Waals surface area contributed by atoms with Gasteiger partial charge in [0.1, 0.15) is 5.56 Å². The molecule has 2 aromatic rings. The summed E-state index contributed by atoms with van der Waals surface area (Å²) in [6.45, 7) is 0. The first kappa shape index (κ1) is 18.3. The van der Waals surface area contributed by atoms with Gasteiger partial charge < -0.3 is 10.4 Å². The van der Waals surface area contributed by atoms with E-state index < -0.39 is 16.8 Å². The third-order valence-electron chi connectivity index (χ3n) is 3.03. The van der Waals surface area contributed by atoms with Gasteiger partial charge in [-0.05, 0) is 36.5 Å². The van der Waals surface area contributed by atoms with Crippen molar-refractivity contribution < 1.29 is 19.6 Å². The van der Waals surface area contributed by atoms with Crippen LogP contribution in [0.1, 0.15) is 20.7 Å². The minimum atomic E-state index is -1.22.